The number of hydrogen-bond donors (Lipinski definition) is 1. The van der Waals surface area contributed by atoms with E-state index in [0.29, 0.717) is 12.3 Å². The second-order valence-electron chi connectivity index (χ2n) is 5.99. The first-order chi connectivity index (χ1) is 12.5. The van der Waals surface area contributed by atoms with Gasteiger partial charge in [0.2, 0.25) is 0 Å². The van der Waals surface area contributed by atoms with Gasteiger partial charge in [-0.2, -0.15) is 0 Å². The maximum absolute atomic E-state index is 12.0. The van der Waals surface area contributed by atoms with Gasteiger partial charge in [0.05, 0.1) is 0 Å². The predicted molar refractivity (Wildman–Crippen MR) is 105 cm³/mol. The number of carbonyl (C=O) groups excluding carboxylic acids is 1. The first kappa shape index (κ1) is 18.2. The van der Waals surface area contributed by atoms with Crippen LogP contribution in [0.15, 0.2) is 59.3 Å². The number of carbonyl (C=O) groups is 1. The number of halogens is 1. The molecule has 2 aromatic carbocycles. The van der Waals surface area contributed by atoms with Crippen LogP contribution in [0.25, 0.3) is 5.69 Å². The van der Waals surface area contributed by atoms with Gasteiger partial charge < -0.3 is 14.6 Å². The largest absolute Gasteiger partial charge is 0.484 e. The second kappa shape index (κ2) is 8.19. The second-order valence-corrected chi connectivity index (χ2v) is 6.84. The van der Waals surface area contributed by atoms with Gasteiger partial charge in [-0.15, -0.1) is 0 Å². The van der Waals surface area contributed by atoms with E-state index >= 15 is 0 Å². The van der Waals surface area contributed by atoms with Gasteiger partial charge in [0, 0.05) is 29.1 Å². The Morgan fingerprint density at radius 1 is 1.19 bits per heavy atom. The van der Waals surface area contributed by atoms with Crippen molar-refractivity contribution >= 4 is 21.8 Å². The Labute approximate surface area is 161 Å². The highest BCUT2D eigenvalue weighted by Crippen LogP contribution is 2.21. The van der Waals surface area contributed by atoms with Gasteiger partial charge in [-0.1, -0.05) is 28.1 Å². The summed E-state index contributed by atoms with van der Waals surface area (Å²) in [5.41, 5.74) is 3.14. The highest BCUT2D eigenvalue weighted by atomic mass is 79.9. The van der Waals surface area contributed by atoms with E-state index in [9.17, 15) is 4.79 Å². The molecule has 26 heavy (non-hydrogen) atoms. The monoisotopic (exact) mass is 413 g/mol. The summed E-state index contributed by atoms with van der Waals surface area (Å²) in [5.74, 6) is 1.47. The molecule has 1 heterocycles. The smallest absolute Gasteiger partial charge is 0.258 e. The lowest BCUT2D eigenvalue weighted by Gasteiger charge is -2.10. The highest BCUT2D eigenvalue weighted by molar-refractivity contribution is 9.10. The molecule has 3 rings (SSSR count). The number of nitrogens with zero attached hydrogens (tertiary/aromatic N) is 2. The summed E-state index contributed by atoms with van der Waals surface area (Å²) in [6, 6.07) is 13.7. The molecule has 1 N–H and O–H groups in total. The minimum absolute atomic E-state index is 0.00656. The zero-order chi connectivity index (χ0) is 18.5. The number of imidazole rings is 1. The maximum atomic E-state index is 12.0. The molecule has 1 amide bonds. The van der Waals surface area contributed by atoms with Gasteiger partial charge in [-0.3, -0.25) is 4.79 Å². The zero-order valence-corrected chi connectivity index (χ0v) is 16.3. The number of ether oxygens (including phenoxy) is 1. The fourth-order valence-corrected chi connectivity index (χ4v) is 2.78. The van der Waals surface area contributed by atoms with Crippen molar-refractivity contribution in [3.05, 3.63) is 76.3 Å². The summed E-state index contributed by atoms with van der Waals surface area (Å²) in [7, 11) is 0. The van der Waals surface area contributed by atoms with Crippen molar-refractivity contribution in [2.75, 3.05) is 6.61 Å². The standard InChI is InChI=1S/C20H20BrN3O2/c1-14-11-18(7-8-19(14)21)26-13-20(25)23-12-16-3-5-17(6-4-16)24-10-9-22-15(24)2/h3-11H,12-13H2,1-2H3,(H,23,25). The lowest BCUT2D eigenvalue weighted by atomic mass is 10.2. The molecule has 0 aliphatic carbocycles. The van der Waals surface area contributed by atoms with Crippen LogP contribution in [0, 0.1) is 13.8 Å². The highest BCUT2D eigenvalue weighted by Gasteiger charge is 2.05. The lowest BCUT2D eigenvalue weighted by molar-refractivity contribution is -0.123. The number of aryl methyl sites for hydroxylation is 2. The molecule has 6 heteroatoms. The Bertz CT molecular complexity index is 904. The van der Waals surface area contributed by atoms with E-state index in [-0.39, 0.29) is 12.5 Å². The zero-order valence-electron chi connectivity index (χ0n) is 14.7. The number of aromatic nitrogens is 2. The van der Waals surface area contributed by atoms with Gasteiger partial charge in [0.25, 0.3) is 5.91 Å². The molecule has 0 radical (unpaired) electrons. The van der Waals surface area contributed by atoms with E-state index in [0.717, 1.165) is 27.1 Å². The van der Waals surface area contributed by atoms with Crippen molar-refractivity contribution in [3.63, 3.8) is 0 Å². The van der Waals surface area contributed by atoms with E-state index < -0.39 is 0 Å². The maximum Gasteiger partial charge on any atom is 0.258 e. The van der Waals surface area contributed by atoms with Crippen molar-refractivity contribution in [1.29, 1.82) is 0 Å². The number of amides is 1. The summed E-state index contributed by atoms with van der Waals surface area (Å²) in [6.45, 7) is 4.39. The van der Waals surface area contributed by atoms with Crippen molar-refractivity contribution in [2.24, 2.45) is 0 Å². The molecule has 1 aromatic heterocycles. The molecule has 0 bridgehead atoms. The SMILES string of the molecule is Cc1cc(OCC(=O)NCc2ccc(-n3ccnc3C)cc2)ccc1Br. The molecule has 0 aliphatic rings. The molecule has 134 valence electrons. The van der Waals surface area contributed by atoms with E-state index in [1.807, 2.05) is 67.1 Å². The van der Waals surface area contributed by atoms with Crippen LogP contribution in [0.5, 0.6) is 5.75 Å². The molecule has 0 atom stereocenters. The quantitative estimate of drug-likeness (QED) is 0.665. The van der Waals surface area contributed by atoms with Gasteiger partial charge in [-0.05, 0) is 55.3 Å². The Hall–Kier alpha value is -2.60. The van der Waals surface area contributed by atoms with Crippen LogP contribution in [0.4, 0.5) is 0 Å². The molecule has 0 fully saturated rings. The molecule has 0 spiro atoms. The summed E-state index contributed by atoms with van der Waals surface area (Å²) >= 11 is 3.44. The van der Waals surface area contributed by atoms with Gasteiger partial charge in [0.1, 0.15) is 11.6 Å². The molecular formula is C20H20BrN3O2. The summed E-state index contributed by atoms with van der Waals surface area (Å²) in [5, 5.41) is 2.87. The first-order valence-corrected chi connectivity index (χ1v) is 9.07. The summed E-state index contributed by atoms with van der Waals surface area (Å²) < 4.78 is 8.56. The van der Waals surface area contributed by atoms with E-state index in [2.05, 4.69) is 26.2 Å². The van der Waals surface area contributed by atoms with Crippen molar-refractivity contribution in [1.82, 2.24) is 14.9 Å². The number of benzene rings is 2. The van der Waals surface area contributed by atoms with Crippen LogP contribution in [0.2, 0.25) is 0 Å². The fraction of sp³-hybridized carbons (Fsp3) is 0.200. The van der Waals surface area contributed by atoms with E-state index in [1.54, 1.807) is 6.20 Å². The minimum atomic E-state index is -0.153. The topological polar surface area (TPSA) is 56.1 Å². The van der Waals surface area contributed by atoms with Crippen LogP contribution < -0.4 is 10.1 Å². The Morgan fingerprint density at radius 3 is 2.62 bits per heavy atom. The third-order valence-electron chi connectivity index (χ3n) is 4.03. The summed E-state index contributed by atoms with van der Waals surface area (Å²) in [4.78, 5) is 16.2. The van der Waals surface area contributed by atoms with Gasteiger partial charge >= 0.3 is 0 Å². The third kappa shape index (κ3) is 4.52. The first-order valence-electron chi connectivity index (χ1n) is 8.28. The normalized spacial score (nSPS) is 10.6. The van der Waals surface area contributed by atoms with Gasteiger partial charge in [-0.25, -0.2) is 4.98 Å². The van der Waals surface area contributed by atoms with Crippen molar-refractivity contribution in [3.8, 4) is 11.4 Å². The molecule has 0 saturated carbocycles. The molecule has 0 saturated heterocycles. The molecular weight excluding hydrogens is 394 g/mol. The van der Waals surface area contributed by atoms with Crippen LogP contribution in [0.3, 0.4) is 0 Å². The average Bonchev–Trinajstić information content (AvgIpc) is 3.07. The third-order valence-corrected chi connectivity index (χ3v) is 4.92. The summed E-state index contributed by atoms with van der Waals surface area (Å²) in [6.07, 6.45) is 3.70. The van der Waals surface area contributed by atoms with Crippen LogP contribution in [-0.4, -0.2) is 22.1 Å². The lowest BCUT2D eigenvalue weighted by Crippen LogP contribution is -2.28. The Kier molecular flexibility index (Phi) is 5.73. The fourth-order valence-electron chi connectivity index (χ4n) is 2.53. The molecule has 0 aliphatic heterocycles. The average molecular weight is 414 g/mol. The van der Waals surface area contributed by atoms with Gasteiger partial charge in [0.15, 0.2) is 6.61 Å². The van der Waals surface area contributed by atoms with E-state index in [4.69, 9.17) is 4.74 Å². The van der Waals surface area contributed by atoms with Crippen molar-refractivity contribution in [2.45, 2.75) is 20.4 Å². The van der Waals surface area contributed by atoms with Crippen LogP contribution >= 0.6 is 15.9 Å². The molecule has 0 unspecified atom stereocenters. The minimum Gasteiger partial charge on any atom is -0.484 e. The number of rotatable bonds is 6. The Balaban J connectivity index is 1.49. The number of nitrogens with one attached hydrogen (secondary N) is 1. The number of hydrogen-bond acceptors (Lipinski definition) is 3. The van der Waals surface area contributed by atoms with Crippen LogP contribution in [0.1, 0.15) is 17.0 Å². The predicted octanol–water partition coefficient (Wildman–Crippen LogP) is 3.95. The van der Waals surface area contributed by atoms with E-state index in [1.165, 1.54) is 0 Å². The Morgan fingerprint density at radius 2 is 1.96 bits per heavy atom. The molecule has 5 nitrogen and oxygen atoms in total. The molecule has 3 aromatic rings. The van der Waals surface area contributed by atoms with Crippen molar-refractivity contribution < 1.29 is 9.53 Å². The van der Waals surface area contributed by atoms with Crippen LogP contribution in [-0.2, 0) is 11.3 Å².